The van der Waals surface area contributed by atoms with E-state index in [4.69, 9.17) is 13.9 Å². The third-order valence-electron chi connectivity index (χ3n) is 5.61. The minimum Gasteiger partial charge on any atom is -0.497 e. The fourth-order valence-electron chi connectivity index (χ4n) is 3.79. The third kappa shape index (κ3) is 5.91. The maximum absolute atomic E-state index is 13.1. The Morgan fingerprint density at radius 3 is 2.06 bits per heavy atom. The first-order valence-corrected chi connectivity index (χ1v) is 10.6. The Kier molecular flexibility index (Phi) is 7.76. The smallest absolute Gasteiger partial charge is 0.289 e. The van der Waals surface area contributed by atoms with Crippen molar-refractivity contribution in [2.75, 3.05) is 20.8 Å². The minimum atomic E-state index is -0.0990. The summed E-state index contributed by atoms with van der Waals surface area (Å²) in [6, 6.07) is 19.5. The number of carbonyl (C=O) groups is 1. The highest BCUT2D eigenvalue weighted by Crippen LogP contribution is 2.30. The molecule has 0 aliphatic carbocycles. The molecule has 0 N–H and O–H groups in total. The molecule has 2 aromatic carbocycles. The van der Waals surface area contributed by atoms with E-state index >= 15 is 0 Å². The fourth-order valence-corrected chi connectivity index (χ4v) is 3.79. The Labute approximate surface area is 184 Å². The van der Waals surface area contributed by atoms with Crippen LogP contribution in [0.5, 0.6) is 11.5 Å². The van der Waals surface area contributed by atoms with E-state index in [1.54, 1.807) is 26.4 Å². The van der Waals surface area contributed by atoms with Crippen LogP contribution in [0, 0.1) is 5.92 Å². The van der Waals surface area contributed by atoms with Crippen molar-refractivity contribution in [3.8, 4) is 11.5 Å². The summed E-state index contributed by atoms with van der Waals surface area (Å²) in [5, 5.41) is 0. The Hall–Kier alpha value is -3.21. The van der Waals surface area contributed by atoms with Crippen molar-refractivity contribution in [2.45, 2.75) is 32.7 Å². The standard InChI is InChI=1S/C26H31NO4/c1-19(2)24(21-9-13-23(30-4)14-10-21)15-16-27(26(28)25-6-5-17-31-25)18-20-7-11-22(29-3)12-8-20/h5-14,17,19,24H,15-16,18H2,1-4H3. The Balaban J connectivity index is 1.77. The molecule has 1 heterocycles. The molecule has 0 bridgehead atoms. The van der Waals surface area contributed by atoms with Gasteiger partial charge in [0.05, 0.1) is 20.5 Å². The average Bonchev–Trinajstić information content (AvgIpc) is 3.33. The van der Waals surface area contributed by atoms with Crippen molar-refractivity contribution >= 4 is 5.91 Å². The SMILES string of the molecule is COc1ccc(CN(CCC(c2ccc(OC)cc2)C(C)C)C(=O)c2ccco2)cc1. The molecular weight excluding hydrogens is 390 g/mol. The molecular formula is C26H31NO4. The van der Waals surface area contributed by atoms with Gasteiger partial charge in [-0.3, -0.25) is 4.79 Å². The van der Waals surface area contributed by atoms with Crippen LogP contribution in [0.3, 0.4) is 0 Å². The summed E-state index contributed by atoms with van der Waals surface area (Å²) in [7, 11) is 3.32. The van der Waals surface area contributed by atoms with Gasteiger partial charge >= 0.3 is 0 Å². The zero-order chi connectivity index (χ0) is 22.2. The van der Waals surface area contributed by atoms with Gasteiger partial charge in [0, 0.05) is 13.1 Å². The largest absolute Gasteiger partial charge is 0.497 e. The Morgan fingerprint density at radius 1 is 0.935 bits per heavy atom. The first-order valence-electron chi connectivity index (χ1n) is 10.6. The molecule has 1 aromatic heterocycles. The van der Waals surface area contributed by atoms with E-state index in [0.29, 0.717) is 30.7 Å². The van der Waals surface area contributed by atoms with Gasteiger partial charge in [-0.2, -0.15) is 0 Å². The van der Waals surface area contributed by atoms with E-state index in [2.05, 4.69) is 26.0 Å². The second-order valence-electron chi connectivity index (χ2n) is 7.96. The van der Waals surface area contributed by atoms with Gasteiger partial charge in [0.25, 0.3) is 5.91 Å². The highest BCUT2D eigenvalue weighted by Gasteiger charge is 2.22. The number of rotatable bonds is 10. The molecule has 5 heteroatoms. The number of methoxy groups -OCH3 is 2. The lowest BCUT2D eigenvalue weighted by Gasteiger charge is -2.27. The number of hydrogen-bond acceptors (Lipinski definition) is 4. The van der Waals surface area contributed by atoms with Crippen molar-refractivity contribution < 1.29 is 18.7 Å². The highest BCUT2D eigenvalue weighted by molar-refractivity contribution is 5.91. The maximum Gasteiger partial charge on any atom is 0.289 e. The van der Waals surface area contributed by atoms with Crippen molar-refractivity contribution in [1.82, 2.24) is 4.90 Å². The molecule has 0 aliphatic rings. The van der Waals surface area contributed by atoms with Crippen LogP contribution in [-0.2, 0) is 6.54 Å². The van der Waals surface area contributed by atoms with Gasteiger partial charge in [-0.25, -0.2) is 0 Å². The van der Waals surface area contributed by atoms with E-state index in [9.17, 15) is 4.79 Å². The summed E-state index contributed by atoms with van der Waals surface area (Å²) in [4.78, 5) is 15.0. The third-order valence-corrected chi connectivity index (χ3v) is 5.61. The molecule has 0 saturated heterocycles. The van der Waals surface area contributed by atoms with Gasteiger partial charge in [0.2, 0.25) is 0 Å². The molecule has 0 spiro atoms. The van der Waals surface area contributed by atoms with Gasteiger partial charge in [-0.05, 0) is 65.8 Å². The molecule has 1 amide bonds. The first-order chi connectivity index (χ1) is 15.0. The van der Waals surface area contributed by atoms with Crippen molar-refractivity contribution in [3.63, 3.8) is 0 Å². The minimum absolute atomic E-state index is 0.0990. The van der Waals surface area contributed by atoms with E-state index in [-0.39, 0.29) is 5.91 Å². The molecule has 1 atom stereocenters. The van der Waals surface area contributed by atoms with E-state index in [1.165, 1.54) is 11.8 Å². The zero-order valence-corrected chi connectivity index (χ0v) is 18.7. The number of benzene rings is 2. The Bertz CT molecular complexity index is 931. The molecule has 5 nitrogen and oxygen atoms in total. The van der Waals surface area contributed by atoms with Gasteiger partial charge in [-0.1, -0.05) is 38.1 Å². The molecule has 31 heavy (non-hydrogen) atoms. The summed E-state index contributed by atoms with van der Waals surface area (Å²) >= 11 is 0. The molecule has 1 unspecified atom stereocenters. The second-order valence-corrected chi connectivity index (χ2v) is 7.96. The number of amides is 1. The van der Waals surface area contributed by atoms with E-state index in [1.807, 2.05) is 41.3 Å². The summed E-state index contributed by atoms with van der Waals surface area (Å²) in [6.45, 7) is 5.57. The normalized spacial score (nSPS) is 11.9. The molecule has 0 fully saturated rings. The van der Waals surface area contributed by atoms with Gasteiger partial charge in [-0.15, -0.1) is 0 Å². The van der Waals surface area contributed by atoms with Gasteiger partial charge < -0.3 is 18.8 Å². The summed E-state index contributed by atoms with van der Waals surface area (Å²) in [6.07, 6.45) is 2.39. The highest BCUT2D eigenvalue weighted by atomic mass is 16.5. The van der Waals surface area contributed by atoms with E-state index in [0.717, 1.165) is 23.5 Å². The number of furan rings is 1. The van der Waals surface area contributed by atoms with Gasteiger partial charge in [0.15, 0.2) is 5.76 Å². The summed E-state index contributed by atoms with van der Waals surface area (Å²) in [5.74, 6) is 2.67. The first kappa shape index (κ1) is 22.5. The van der Waals surface area contributed by atoms with Crippen LogP contribution in [0.4, 0.5) is 0 Å². The van der Waals surface area contributed by atoms with Crippen LogP contribution in [0.15, 0.2) is 71.3 Å². The molecule has 164 valence electrons. The van der Waals surface area contributed by atoms with Crippen molar-refractivity contribution in [1.29, 1.82) is 0 Å². The Morgan fingerprint density at radius 2 is 1.55 bits per heavy atom. The van der Waals surface area contributed by atoms with Crippen LogP contribution < -0.4 is 9.47 Å². The predicted molar refractivity (Wildman–Crippen MR) is 122 cm³/mol. The quantitative estimate of drug-likeness (QED) is 0.417. The topological polar surface area (TPSA) is 51.9 Å². The lowest BCUT2D eigenvalue weighted by Crippen LogP contribution is -2.32. The lowest BCUT2D eigenvalue weighted by atomic mass is 9.85. The second kappa shape index (κ2) is 10.7. The molecule has 0 aliphatic heterocycles. The average molecular weight is 422 g/mol. The predicted octanol–water partition coefficient (Wildman–Crippen LogP) is 5.77. The molecule has 0 saturated carbocycles. The van der Waals surface area contributed by atoms with Crippen molar-refractivity contribution in [2.24, 2.45) is 5.92 Å². The summed E-state index contributed by atoms with van der Waals surface area (Å²) < 4.78 is 15.9. The van der Waals surface area contributed by atoms with Gasteiger partial charge in [0.1, 0.15) is 11.5 Å². The van der Waals surface area contributed by atoms with Crippen LogP contribution in [-0.4, -0.2) is 31.6 Å². The molecule has 0 radical (unpaired) electrons. The van der Waals surface area contributed by atoms with Crippen LogP contribution in [0.1, 0.15) is 47.9 Å². The fraction of sp³-hybridized carbons (Fsp3) is 0.346. The molecule has 3 rings (SSSR count). The summed E-state index contributed by atoms with van der Waals surface area (Å²) in [5.41, 5.74) is 2.30. The monoisotopic (exact) mass is 421 g/mol. The molecule has 3 aromatic rings. The van der Waals surface area contributed by atoms with Crippen LogP contribution in [0.25, 0.3) is 0 Å². The maximum atomic E-state index is 13.1. The number of nitrogens with zero attached hydrogens (tertiary/aromatic N) is 1. The van der Waals surface area contributed by atoms with Crippen LogP contribution >= 0.6 is 0 Å². The zero-order valence-electron chi connectivity index (χ0n) is 18.7. The number of ether oxygens (including phenoxy) is 2. The number of carbonyl (C=O) groups excluding carboxylic acids is 1. The van der Waals surface area contributed by atoms with E-state index < -0.39 is 0 Å². The lowest BCUT2D eigenvalue weighted by molar-refractivity contribution is 0.0702. The van der Waals surface area contributed by atoms with Crippen molar-refractivity contribution in [3.05, 3.63) is 83.8 Å². The number of hydrogen-bond donors (Lipinski definition) is 0. The van der Waals surface area contributed by atoms with Crippen LogP contribution in [0.2, 0.25) is 0 Å².